The van der Waals surface area contributed by atoms with Crippen molar-refractivity contribution >= 4 is 17.5 Å². The first-order valence-corrected chi connectivity index (χ1v) is 8.37. The summed E-state index contributed by atoms with van der Waals surface area (Å²) in [7, 11) is 0. The molecule has 1 N–H and O–H groups in total. The molecule has 0 fully saturated rings. The summed E-state index contributed by atoms with van der Waals surface area (Å²) in [5, 5.41) is 7.86. The monoisotopic (exact) mass is 357 g/mol. The zero-order valence-corrected chi connectivity index (χ0v) is 14.4. The minimum Gasteiger partial charge on any atom is -0.351 e. The molecule has 0 radical (unpaired) electrons. The van der Waals surface area contributed by atoms with E-state index in [4.69, 9.17) is 11.6 Å². The average Bonchev–Trinajstić information content (AvgIpc) is 3.06. The number of rotatable bonds is 5. The summed E-state index contributed by atoms with van der Waals surface area (Å²) in [6, 6.07) is 14.8. The number of nitrogens with one attached hydrogen (secondary N) is 1. The zero-order valence-electron chi connectivity index (χ0n) is 13.7. The Hall–Kier alpha value is -2.66. The van der Waals surface area contributed by atoms with Gasteiger partial charge in [0.25, 0.3) is 5.91 Å². The van der Waals surface area contributed by atoms with E-state index in [-0.39, 0.29) is 11.7 Å². The highest BCUT2D eigenvalue weighted by Crippen LogP contribution is 2.25. The normalized spacial score (nSPS) is 10.7. The van der Waals surface area contributed by atoms with E-state index >= 15 is 0 Å². The molecule has 0 aliphatic rings. The van der Waals surface area contributed by atoms with Crippen LogP contribution in [0.15, 0.2) is 54.6 Å². The molecule has 0 saturated heterocycles. The molecule has 3 rings (SSSR count). The molecule has 6 heteroatoms. The molecule has 1 heterocycles. The highest BCUT2D eigenvalue weighted by molar-refractivity contribution is 6.32. The van der Waals surface area contributed by atoms with Crippen molar-refractivity contribution in [3.63, 3.8) is 0 Å². The van der Waals surface area contributed by atoms with Gasteiger partial charge in [-0.3, -0.25) is 4.79 Å². The van der Waals surface area contributed by atoms with Crippen LogP contribution in [0.4, 0.5) is 4.39 Å². The Morgan fingerprint density at radius 3 is 2.60 bits per heavy atom. The largest absolute Gasteiger partial charge is 0.351 e. The van der Waals surface area contributed by atoms with Crippen molar-refractivity contribution in [2.24, 2.45) is 0 Å². The summed E-state index contributed by atoms with van der Waals surface area (Å²) in [5.74, 6) is -0.558. The molecule has 2 aromatic carbocycles. The molecule has 1 amide bonds. The number of aromatic nitrogens is 2. The summed E-state index contributed by atoms with van der Waals surface area (Å²) >= 11 is 6.27. The number of halogens is 2. The van der Waals surface area contributed by atoms with Crippen molar-refractivity contribution in [2.75, 3.05) is 6.54 Å². The highest BCUT2D eigenvalue weighted by Gasteiger charge is 2.18. The fraction of sp³-hybridized carbons (Fsp3) is 0.158. The topological polar surface area (TPSA) is 46.9 Å². The Morgan fingerprint density at radius 1 is 1.20 bits per heavy atom. The van der Waals surface area contributed by atoms with Gasteiger partial charge in [-0.15, -0.1) is 0 Å². The van der Waals surface area contributed by atoms with Gasteiger partial charge in [0.1, 0.15) is 11.5 Å². The maximum atomic E-state index is 13.2. The van der Waals surface area contributed by atoms with Gasteiger partial charge < -0.3 is 5.32 Å². The molecular weight excluding hydrogens is 341 g/mol. The zero-order chi connectivity index (χ0) is 17.8. The third-order valence-electron chi connectivity index (χ3n) is 3.70. The fourth-order valence-electron chi connectivity index (χ4n) is 2.44. The molecule has 25 heavy (non-hydrogen) atoms. The minimum atomic E-state index is -0.324. The van der Waals surface area contributed by atoms with Gasteiger partial charge in [0.2, 0.25) is 0 Å². The molecule has 1 aromatic heterocycles. The lowest BCUT2D eigenvalue weighted by molar-refractivity contribution is 0.0946. The summed E-state index contributed by atoms with van der Waals surface area (Å²) < 4.78 is 14.7. The van der Waals surface area contributed by atoms with Gasteiger partial charge in [-0.1, -0.05) is 30.7 Å². The van der Waals surface area contributed by atoms with E-state index in [0.29, 0.717) is 28.6 Å². The third-order valence-corrected chi connectivity index (χ3v) is 4.02. The number of carbonyl (C=O) groups is 1. The molecule has 4 nitrogen and oxygen atoms in total. The van der Waals surface area contributed by atoms with Crippen LogP contribution in [0.25, 0.3) is 16.9 Å². The van der Waals surface area contributed by atoms with Gasteiger partial charge in [0.05, 0.1) is 16.4 Å². The molecule has 0 aliphatic heterocycles. The molecule has 0 saturated carbocycles. The maximum Gasteiger partial charge on any atom is 0.270 e. The number of nitrogens with zero attached hydrogens (tertiary/aromatic N) is 2. The smallest absolute Gasteiger partial charge is 0.270 e. The van der Waals surface area contributed by atoms with Gasteiger partial charge >= 0.3 is 0 Å². The number of hydrogen-bond acceptors (Lipinski definition) is 2. The van der Waals surface area contributed by atoms with Crippen molar-refractivity contribution in [1.29, 1.82) is 0 Å². The lowest BCUT2D eigenvalue weighted by atomic mass is 10.1. The van der Waals surface area contributed by atoms with E-state index in [1.54, 1.807) is 30.3 Å². The van der Waals surface area contributed by atoms with Gasteiger partial charge in [0.15, 0.2) is 0 Å². The molecule has 0 bridgehead atoms. The van der Waals surface area contributed by atoms with Crippen LogP contribution in [0.5, 0.6) is 0 Å². The van der Waals surface area contributed by atoms with Crippen LogP contribution in [-0.2, 0) is 0 Å². The Labute approximate surface area is 150 Å². The number of benzene rings is 2. The second-order valence-electron chi connectivity index (χ2n) is 5.54. The third kappa shape index (κ3) is 3.72. The molecular formula is C19H17ClFN3O. The number of para-hydroxylation sites is 1. The molecule has 3 aromatic rings. The SMILES string of the molecule is CCCNC(=O)c1cc(-c2ccc(F)cc2)nn1-c1ccccc1Cl. The van der Waals surface area contributed by atoms with E-state index < -0.39 is 0 Å². The maximum absolute atomic E-state index is 13.2. The average molecular weight is 358 g/mol. The van der Waals surface area contributed by atoms with Gasteiger partial charge in [-0.2, -0.15) is 5.10 Å². The molecule has 128 valence electrons. The fourth-order valence-corrected chi connectivity index (χ4v) is 2.66. The minimum absolute atomic E-state index is 0.234. The first kappa shape index (κ1) is 17.2. The number of carbonyl (C=O) groups excluding carboxylic acids is 1. The first-order chi connectivity index (χ1) is 12.1. The summed E-state index contributed by atoms with van der Waals surface area (Å²) in [6.45, 7) is 2.55. The van der Waals surface area contributed by atoms with E-state index in [2.05, 4.69) is 10.4 Å². The highest BCUT2D eigenvalue weighted by atomic mass is 35.5. The van der Waals surface area contributed by atoms with Crippen molar-refractivity contribution in [1.82, 2.24) is 15.1 Å². The number of amides is 1. The van der Waals surface area contributed by atoms with Crippen molar-refractivity contribution in [3.05, 3.63) is 71.1 Å². The van der Waals surface area contributed by atoms with Gasteiger partial charge in [0, 0.05) is 12.1 Å². The second kappa shape index (κ2) is 7.49. The van der Waals surface area contributed by atoms with Crippen molar-refractivity contribution in [2.45, 2.75) is 13.3 Å². The van der Waals surface area contributed by atoms with E-state index in [9.17, 15) is 9.18 Å². The van der Waals surface area contributed by atoms with Crippen LogP contribution in [0.2, 0.25) is 5.02 Å². The molecule has 0 aliphatic carbocycles. The van der Waals surface area contributed by atoms with E-state index in [1.165, 1.54) is 16.8 Å². The van der Waals surface area contributed by atoms with Crippen LogP contribution in [0.3, 0.4) is 0 Å². The van der Waals surface area contributed by atoms with Crippen LogP contribution in [0.1, 0.15) is 23.8 Å². The summed E-state index contributed by atoms with van der Waals surface area (Å²) in [5.41, 5.74) is 2.28. The summed E-state index contributed by atoms with van der Waals surface area (Å²) in [4.78, 5) is 12.5. The number of hydrogen-bond donors (Lipinski definition) is 1. The molecule has 0 spiro atoms. The summed E-state index contributed by atoms with van der Waals surface area (Å²) in [6.07, 6.45) is 0.830. The second-order valence-corrected chi connectivity index (χ2v) is 5.95. The predicted octanol–water partition coefficient (Wildman–Crippen LogP) is 4.47. The van der Waals surface area contributed by atoms with Gasteiger partial charge in [-0.25, -0.2) is 9.07 Å². The predicted molar refractivity (Wildman–Crippen MR) is 96.6 cm³/mol. The van der Waals surface area contributed by atoms with E-state index in [1.807, 2.05) is 19.1 Å². The van der Waals surface area contributed by atoms with Gasteiger partial charge in [-0.05, 0) is 48.9 Å². The van der Waals surface area contributed by atoms with Crippen LogP contribution in [-0.4, -0.2) is 22.2 Å². The first-order valence-electron chi connectivity index (χ1n) is 7.99. The lowest BCUT2D eigenvalue weighted by Gasteiger charge is -2.09. The Balaban J connectivity index is 2.10. The standard InChI is InChI=1S/C19H17ClFN3O/c1-2-11-22-19(25)18-12-16(13-7-9-14(21)10-8-13)23-24(18)17-6-4-3-5-15(17)20/h3-10,12H,2,11H2,1H3,(H,22,25). The Bertz CT molecular complexity index is 890. The quantitative estimate of drug-likeness (QED) is 0.732. The van der Waals surface area contributed by atoms with Crippen molar-refractivity contribution < 1.29 is 9.18 Å². The van der Waals surface area contributed by atoms with Crippen LogP contribution < -0.4 is 5.32 Å². The molecule has 0 unspecified atom stereocenters. The lowest BCUT2D eigenvalue weighted by Crippen LogP contribution is -2.26. The van der Waals surface area contributed by atoms with Crippen LogP contribution in [0, 0.1) is 5.82 Å². The van der Waals surface area contributed by atoms with E-state index in [0.717, 1.165) is 12.0 Å². The Kier molecular flexibility index (Phi) is 5.14. The Morgan fingerprint density at radius 2 is 1.92 bits per heavy atom. The molecule has 0 atom stereocenters. The van der Waals surface area contributed by atoms with Crippen LogP contribution >= 0.6 is 11.6 Å². The van der Waals surface area contributed by atoms with Crippen molar-refractivity contribution in [3.8, 4) is 16.9 Å².